The summed E-state index contributed by atoms with van der Waals surface area (Å²) in [6.07, 6.45) is 0. The zero-order chi connectivity index (χ0) is 18.7. The maximum Gasteiger partial charge on any atom is 0.258 e. The van der Waals surface area contributed by atoms with Gasteiger partial charge in [0.05, 0.1) is 10.9 Å². The van der Waals surface area contributed by atoms with Gasteiger partial charge in [-0.05, 0) is 37.1 Å². The van der Waals surface area contributed by atoms with E-state index < -0.39 is 0 Å². The molecule has 1 heterocycles. The molecule has 0 unspecified atom stereocenters. The molecule has 1 aromatic heterocycles. The van der Waals surface area contributed by atoms with Gasteiger partial charge >= 0.3 is 0 Å². The lowest BCUT2D eigenvalue weighted by Gasteiger charge is -2.19. The van der Waals surface area contributed by atoms with Gasteiger partial charge in [0.2, 0.25) is 0 Å². The highest BCUT2D eigenvalue weighted by Crippen LogP contribution is 2.19. The average molecular weight is 384 g/mol. The summed E-state index contributed by atoms with van der Waals surface area (Å²) in [4.78, 5) is 21.3. The molecule has 0 fully saturated rings. The van der Waals surface area contributed by atoms with Crippen molar-refractivity contribution in [3.8, 4) is 0 Å². The minimum Gasteiger partial charge on any atom is -0.356 e. The van der Waals surface area contributed by atoms with Crippen LogP contribution in [-0.2, 0) is 12.3 Å². The Kier molecular flexibility index (Phi) is 5.74. The van der Waals surface area contributed by atoms with Crippen LogP contribution in [-0.4, -0.2) is 26.2 Å². The third-order valence-corrected chi connectivity index (χ3v) is 5.80. The Morgan fingerprint density at radius 2 is 1.85 bits per heavy atom. The number of hydrogen-bond donors (Lipinski definition) is 1. The molecule has 0 amide bonds. The summed E-state index contributed by atoms with van der Waals surface area (Å²) in [5.41, 5.74) is 4.17. The van der Waals surface area contributed by atoms with Gasteiger partial charge in [0, 0.05) is 19.3 Å². The maximum absolute atomic E-state index is 12.1. The number of aromatic amines is 1. The van der Waals surface area contributed by atoms with Gasteiger partial charge in [-0.25, -0.2) is 4.98 Å². The zero-order valence-electron chi connectivity index (χ0n) is 15.1. The molecule has 3 aromatic rings. The van der Waals surface area contributed by atoms with Crippen LogP contribution in [0.15, 0.2) is 47.3 Å². The molecule has 0 radical (unpaired) electrons. The van der Waals surface area contributed by atoms with Crippen LogP contribution >= 0.6 is 24.0 Å². The van der Waals surface area contributed by atoms with Crippen LogP contribution in [0.4, 0.5) is 0 Å². The fourth-order valence-electron chi connectivity index (χ4n) is 2.68. The number of aryl methyl sites for hydroxylation is 2. The molecule has 134 valence electrons. The molecule has 6 heteroatoms. The molecule has 0 spiro atoms. The van der Waals surface area contributed by atoms with Crippen molar-refractivity contribution >= 4 is 39.2 Å². The summed E-state index contributed by atoms with van der Waals surface area (Å²) in [5, 5.41) is 0.611. The summed E-state index contributed by atoms with van der Waals surface area (Å²) < 4.78 is 0.835. The van der Waals surface area contributed by atoms with Crippen molar-refractivity contribution in [3.63, 3.8) is 0 Å². The molecule has 0 saturated carbocycles. The fourth-order valence-corrected chi connectivity index (χ4v) is 3.69. The molecule has 2 aromatic carbocycles. The first-order valence-corrected chi connectivity index (χ1v) is 9.75. The Morgan fingerprint density at radius 1 is 1.15 bits per heavy atom. The molecule has 0 aliphatic carbocycles. The van der Waals surface area contributed by atoms with Crippen molar-refractivity contribution in [3.05, 3.63) is 75.3 Å². The number of H-pyrrole nitrogens is 1. The number of nitrogens with one attached hydrogen (secondary N) is 1. The van der Waals surface area contributed by atoms with E-state index in [0.717, 1.165) is 15.6 Å². The van der Waals surface area contributed by atoms with Gasteiger partial charge in [-0.3, -0.25) is 4.79 Å². The molecule has 0 aliphatic rings. The fraction of sp³-hybridized carbons (Fsp3) is 0.250. The van der Waals surface area contributed by atoms with Crippen LogP contribution in [0.2, 0.25) is 0 Å². The third kappa shape index (κ3) is 4.51. The van der Waals surface area contributed by atoms with Crippen molar-refractivity contribution in [2.75, 3.05) is 7.05 Å². The number of rotatable bonds is 4. The number of thioether (sulfide) groups is 1. The van der Waals surface area contributed by atoms with Crippen molar-refractivity contribution in [2.24, 2.45) is 0 Å². The number of aromatic nitrogens is 2. The number of nitrogens with zero attached hydrogens (tertiary/aromatic N) is 2. The largest absolute Gasteiger partial charge is 0.356 e. The van der Waals surface area contributed by atoms with Crippen LogP contribution in [0.25, 0.3) is 10.9 Å². The SMILES string of the molecule is Cc1ccc(CSC(=S)N(C)Cc2ccc3nc(C)[nH]c(=O)c3c2)cc1. The van der Waals surface area contributed by atoms with E-state index in [1.165, 1.54) is 11.1 Å². The number of hydrogen-bond acceptors (Lipinski definition) is 4. The van der Waals surface area contributed by atoms with Gasteiger partial charge in [-0.2, -0.15) is 0 Å². The first kappa shape index (κ1) is 18.6. The van der Waals surface area contributed by atoms with Gasteiger partial charge in [-0.1, -0.05) is 59.9 Å². The standard InChI is InChI=1S/C20H21N3OS2/c1-13-4-6-15(7-5-13)12-26-20(25)23(3)11-16-8-9-18-17(10-16)19(24)22-14(2)21-18/h4-10H,11-12H2,1-3H3,(H,21,22,24). The molecule has 0 aliphatic heterocycles. The van der Waals surface area contributed by atoms with E-state index in [-0.39, 0.29) is 5.56 Å². The first-order chi connectivity index (χ1) is 12.4. The minimum absolute atomic E-state index is 0.103. The van der Waals surface area contributed by atoms with Gasteiger partial charge in [-0.15, -0.1) is 0 Å². The van der Waals surface area contributed by atoms with E-state index in [4.69, 9.17) is 12.2 Å². The van der Waals surface area contributed by atoms with Crippen molar-refractivity contribution < 1.29 is 0 Å². The van der Waals surface area contributed by atoms with E-state index >= 15 is 0 Å². The zero-order valence-corrected chi connectivity index (χ0v) is 16.7. The van der Waals surface area contributed by atoms with E-state index in [1.54, 1.807) is 18.7 Å². The monoisotopic (exact) mass is 383 g/mol. The van der Waals surface area contributed by atoms with Gasteiger partial charge in [0.1, 0.15) is 10.1 Å². The van der Waals surface area contributed by atoms with Crippen LogP contribution in [0.1, 0.15) is 22.5 Å². The smallest absolute Gasteiger partial charge is 0.258 e. The minimum atomic E-state index is -0.103. The van der Waals surface area contributed by atoms with Gasteiger partial charge in [0.15, 0.2) is 0 Å². The van der Waals surface area contributed by atoms with E-state index in [1.807, 2.05) is 30.1 Å². The third-order valence-electron chi connectivity index (χ3n) is 4.10. The lowest BCUT2D eigenvalue weighted by atomic mass is 10.1. The summed E-state index contributed by atoms with van der Waals surface area (Å²) >= 11 is 7.20. The molecule has 1 N–H and O–H groups in total. The summed E-state index contributed by atoms with van der Waals surface area (Å²) in [7, 11) is 1.98. The van der Waals surface area contributed by atoms with Crippen LogP contribution in [0.3, 0.4) is 0 Å². The predicted molar refractivity (Wildman–Crippen MR) is 114 cm³/mol. The number of thiocarbonyl (C=S) groups is 1. The van der Waals surface area contributed by atoms with Crippen molar-refractivity contribution in [1.29, 1.82) is 0 Å². The summed E-state index contributed by atoms with van der Waals surface area (Å²) in [5.74, 6) is 1.48. The number of benzene rings is 2. The van der Waals surface area contributed by atoms with Crippen LogP contribution in [0, 0.1) is 13.8 Å². The highest BCUT2D eigenvalue weighted by molar-refractivity contribution is 8.22. The lowest BCUT2D eigenvalue weighted by Crippen LogP contribution is -2.22. The Labute approximate surface area is 162 Å². The Balaban J connectivity index is 1.66. The molecule has 0 bridgehead atoms. The van der Waals surface area contributed by atoms with Crippen LogP contribution < -0.4 is 5.56 Å². The molecule has 4 nitrogen and oxygen atoms in total. The highest BCUT2D eigenvalue weighted by Gasteiger charge is 2.09. The molecular weight excluding hydrogens is 362 g/mol. The van der Waals surface area contributed by atoms with E-state index in [0.29, 0.717) is 23.3 Å². The second kappa shape index (κ2) is 8.01. The molecule has 0 atom stereocenters. The molecular formula is C20H21N3OS2. The molecule has 0 saturated heterocycles. The molecule has 26 heavy (non-hydrogen) atoms. The van der Waals surface area contributed by atoms with Gasteiger partial charge in [0.25, 0.3) is 5.56 Å². The Morgan fingerprint density at radius 3 is 2.58 bits per heavy atom. The summed E-state index contributed by atoms with van der Waals surface area (Å²) in [6.45, 7) is 4.52. The normalized spacial score (nSPS) is 10.9. The molecule has 3 rings (SSSR count). The first-order valence-electron chi connectivity index (χ1n) is 8.35. The Bertz CT molecular complexity index is 996. The highest BCUT2D eigenvalue weighted by atomic mass is 32.2. The second-order valence-electron chi connectivity index (χ2n) is 6.40. The lowest BCUT2D eigenvalue weighted by molar-refractivity contribution is 0.519. The topological polar surface area (TPSA) is 49.0 Å². The van der Waals surface area contributed by atoms with E-state index in [9.17, 15) is 4.79 Å². The van der Waals surface area contributed by atoms with E-state index in [2.05, 4.69) is 41.2 Å². The number of fused-ring (bicyclic) bond motifs is 1. The summed E-state index contributed by atoms with van der Waals surface area (Å²) in [6, 6.07) is 14.3. The van der Waals surface area contributed by atoms with Crippen molar-refractivity contribution in [2.45, 2.75) is 26.1 Å². The van der Waals surface area contributed by atoms with Crippen molar-refractivity contribution in [1.82, 2.24) is 14.9 Å². The quantitative estimate of drug-likeness (QED) is 0.685. The maximum atomic E-state index is 12.1. The Hall–Kier alpha value is -2.18. The predicted octanol–water partition coefficient (Wildman–Crippen LogP) is 4.19. The second-order valence-corrected chi connectivity index (χ2v) is 8.01. The van der Waals surface area contributed by atoms with Gasteiger partial charge < -0.3 is 9.88 Å². The average Bonchev–Trinajstić information content (AvgIpc) is 2.61. The van der Waals surface area contributed by atoms with Crippen LogP contribution in [0.5, 0.6) is 0 Å².